The quantitative estimate of drug-likeness (QED) is 0.795. The van der Waals surface area contributed by atoms with Gasteiger partial charge in [-0.1, -0.05) is 6.92 Å². The Morgan fingerprint density at radius 2 is 2.12 bits per heavy atom. The van der Waals surface area contributed by atoms with Gasteiger partial charge < -0.3 is 10.1 Å². The number of hydrogen-bond acceptors (Lipinski definition) is 3. The van der Waals surface area contributed by atoms with Gasteiger partial charge in [0, 0.05) is 31.7 Å². The summed E-state index contributed by atoms with van der Waals surface area (Å²) in [6, 6.07) is 1.48. The first kappa shape index (κ1) is 13.3. The van der Waals surface area contributed by atoms with Crippen LogP contribution in [-0.4, -0.2) is 48.3 Å². The summed E-state index contributed by atoms with van der Waals surface area (Å²) in [7, 11) is 0. The average molecular weight is 240 g/mol. The minimum Gasteiger partial charge on any atom is -0.370 e. The minimum atomic E-state index is 0.00463. The van der Waals surface area contributed by atoms with Gasteiger partial charge in [0.15, 0.2) is 0 Å². The smallest absolute Gasteiger partial charge is 0.0757 e. The molecule has 3 heteroatoms. The van der Waals surface area contributed by atoms with Crippen molar-refractivity contribution in [3.05, 3.63) is 0 Å². The fourth-order valence-corrected chi connectivity index (χ4v) is 2.90. The van der Waals surface area contributed by atoms with E-state index in [2.05, 4.69) is 37.9 Å². The fourth-order valence-electron chi connectivity index (χ4n) is 2.90. The highest BCUT2D eigenvalue weighted by atomic mass is 16.5. The summed E-state index contributed by atoms with van der Waals surface area (Å²) < 4.78 is 5.97. The topological polar surface area (TPSA) is 24.5 Å². The van der Waals surface area contributed by atoms with E-state index in [4.69, 9.17) is 4.74 Å². The average Bonchev–Trinajstić information content (AvgIpc) is 2.99. The molecule has 1 aliphatic heterocycles. The van der Waals surface area contributed by atoms with E-state index in [9.17, 15) is 0 Å². The van der Waals surface area contributed by atoms with Crippen LogP contribution in [0.1, 0.15) is 47.0 Å². The van der Waals surface area contributed by atoms with E-state index >= 15 is 0 Å². The Hall–Kier alpha value is -0.120. The van der Waals surface area contributed by atoms with Crippen LogP contribution in [0.15, 0.2) is 0 Å². The summed E-state index contributed by atoms with van der Waals surface area (Å²) in [4.78, 5) is 2.61. The molecule has 1 heterocycles. The van der Waals surface area contributed by atoms with Crippen LogP contribution in [-0.2, 0) is 4.74 Å². The molecule has 0 bridgehead atoms. The molecule has 0 spiro atoms. The normalized spacial score (nSPS) is 31.4. The van der Waals surface area contributed by atoms with Gasteiger partial charge in [-0.05, 0) is 40.0 Å². The van der Waals surface area contributed by atoms with E-state index in [0.29, 0.717) is 12.1 Å². The lowest BCUT2D eigenvalue weighted by molar-refractivity contribution is -0.137. The van der Waals surface area contributed by atoms with E-state index in [0.717, 1.165) is 25.7 Å². The zero-order chi connectivity index (χ0) is 12.5. The number of nitrogens with zero attached hydrogens (tertiary/aromatic N) is 1. The molecule has 2 unspecified atom stereocenters. The second kappa shape index (κ2) is 5.25. The molecule has 2 fully saturated rings. The number of morpholine rings is 1. The Kier molecular flexibility index (Phi) is 4.11. The zero-order valence-electron chi connectivity index (χ0n) is 11.8. The Labute approximate surface area is 106 Å². The molecule has 0 amide bonds. The first-order valence-electron chi connectivity index (χ1n) is 7.15. The Morgan fingerprint density at radius 3 is 2.65 bits per heavy atom. The molecule has 1 aliphatic carbocycles. The Balaban J connectivity index is 1.87. The van der Waals surface area contributed by atoms with Crippen LogP contribution in [0.3, 0.4) is 0 Å². The number of hydrogen-bond donors (Lipinski definition) is 1. The Bertz CT molecular complexity index is 251. The molecule has 0 radical (unpaired) electrons. The van der Waals surface area contributed by atoms with Crippen molar-refractivity contribution in [3.8, 4) is 0 Å². The van der Waals surface area contributed by atoms with E-state index in [1.165, 1.54) is 19.3 Å². The third-order valence-corrected chi connectivity index (χ3v) is 3.80. The fraction of sp³-hybridized carbons (Fsp3) is 1.00. The maximum absolute atomic E-state index is 5.97. The highest BCUT2D eigenvalue weighted by Gasteiger charge is 2.34. The molecule has 0 aromatic heterocycles. The highest BCUT2D eigenvalue weighted by molar-refractivity contribution is 4.89. The summed E-state index contributed by atoms with van der Waals surface area (Å²) >= 11 is 0. The van der Waals surface area contributed by atoms with Crippen LogP contribution in [0.25, 0.3) is 0 Å². The Morgan fingerprint density at radius 1 is 1.41 bits per heavy atom. The molecule has 2 atom stereocenters. The first-order chi connectivity index (χ1) is 8.00. The van der Waals surface area contributed by atoms with Gasteiger partial charge in [0.25, 0.3) is 0 Å². The van der Waals surface area contributed by atoms with E-state index in [1.807, 2.05) is 0 Å². The zero-order valence-corrected chi connectivity index (χ0v) is 11.8. The summed E-state index contributed by atoms with van der Waals surface area (Å²) in [5.74, 6) is 0. The molecule has 0 aromatic rings. The van der Waals surface area contributed by atoms with Crippen molar-refractivity contribution in [2.45, 2.75) is 70.7 Å². The van der Waals surface area contributed by atoms with Gasteiger partial charge in [-0.25, -0.2) is 0 Å². The monoisotopic (exact) mass is 240 g/mol. The van der Waals surface area contributed by atoms with Crippen molar-refractivity contribution in [1.82, 2.24) is 10.2 Å². The second-order valence-corrected chi connectivity index (χ2v) is 6.36. The molecule has 2 rings (SSSR count). The maximum Gasteiger partial charge on any atom is 0.0757 e. The van der Waals surface area contributed by atoms with Crippen molar-refractivity contribution in [1.29, 1.82) is 0 Å². The van der Waals surface area contributed by atoms with Crippen LogP contribution in [0, 0.1) is 0 Å². The molecule has 3 nitrogen and oxygen atoms in total. The standard InChI is InChI=1S/C14H28N2O/c1-5-13(8-15-12-6-7-12)16-9-11(2)17-14(3,4)10-16/h11-13,15H,5-10H2,1-4H3. The molecule has 0 aromatic carbocycles. The van der Waals surface area contributed by atoms with Gasteiger partial charge in [0.2, 0.25) is 0 Å². The van der Waals surface area contributed by atoms with E-state index < -0.39 is 0 Å². The summed E-state index contributed by atoms with van der Waals surface area (Å²) in [5, 5.41) is 3.66. The minimum absolute atomic E-state index is 0.00463. The summed E-state index contributed by atoms with van der Waals surface area (Å²) in [6.07, 6.45) is 4.33. The first-order valence-corrected chi connectivity index (χ1v) is 7.15. The van der Waals surface area contributed by atoms with E-state index in [1.54, 1.807) is 0 Å². The van der Waals surface area contributed by atoms with Crippen LogP contribution in [0.5, 0.6) is 0 Å². The predicted molar refractivity (Wildman–Crippen MR) is 71.3 cm³/mol. The molecule has 17 heavy (non-hydrogen) atoms. The third-order valence-electron chi connectivity index (χ3n) is 3.80. The molecular weight excluding hydrogens is 212 g/mol. The summed E-state index contributed by atoms with van der Waals surface area (Å²) in [6.45, 7) is 12.2. The molecule has 1 saturated carbocycles. The van der Waals surface area contributed by atoms with Gasteiger partial charge >= 0.3 is 0 Å². The van der Waals surface area contributed by atoms with Crippen LogP contribution in [0.4, 0.5) is 0 Å². The molecule has 100 valence electrons. The van der Waals surface area contributed by atoms with Gasteiger partial charge in [-0.15, -0.1) is 0 Å². The van der Waals surface area contributed by atoms with Crippen molar-refractivity contribution in [2.75, 3.05) is 19.6 Å². The SMILES string of the molecule is CCC(CNC1CC1)N1CC(C)OC(C)(C)C1. The lowest BCUT2D eigenvalue weighted by atomic mass is 10.0. The van der Waals surface area contributed by atoms with Gasteiger partial charge in [-0.3, -0.25) is 4.90 Å². The van der Waals surface area contributed by atoms with Crippen LogP contribution in [0.2, 0.25) is 0 Å². The third kappa shape index (κ3) is 3.94. The molecule has 1 N–H and O–H groups in total. The van der Waals surface area contributed by atoms with E-state index in [-0.39, 0.29) is 5.60 Å². The second-order valence-electron chi connectivity index (χ2n) is 6.36. The van der Waals surface area contributed by atoms with Crippen LogP contribution < -0.4 is 5.32 Å². The highest BCUT2D eigenvalue weighted by Crippen LogP contribution is 2.24. The maximum atomic E-state index is 5.97. The predicted octanol–water partition coefficient (Wildman–Crippen LogP) is 2.02. The van der Waals surface area contributed by atoms with Gasteiger partial charge in [0.05, 0.1) is 11.7 Å². The van der Waals surface area contributed by atoms with Crippen LogP contribution >= 0.6 is 0 Å². The van der Waals surface area contributed by atoms with Crippen molar-refractivity contribution in [2.24, 2.45) is 0 Å². The molecule has 1 saturated heterocycles. The van der Waals surface area contributed by atoms with Gasteiger partial charge in [0.1, 0.15) is 0 Å². The van der Waals surface area contributed by atoms with Crippen molar-refractivity contribution < 1.29 is 4.74 Å². The molecule has 2 aliphatic rings. The summed E-state index contributed by atoms with van der Waals surface area (Å²) in [5.41, 5.74) is 0.00463. The lowest BCUT2D eigenvalue weighted by Gasteiger charge is -2.45. The van der Waals surface area contributed by atoms with Gasteiger partial charge in [-0.2, -0.15) is 0 Å². The molecular formula is C14H28N2O. The lowest BCUT2D eigenvalue weighted by Crippen LogP contribution is -2.57. The largest absolute Gasteiger partial charge is 0.370 e. The number of ether oxygens (including phenoxy) is 1. The van der Waals surface area contributed by atoms with Crippen molar-refractivity contribution >= 4 is 0 Å². The van der Waals surface area contributed by atoms with Crippen molar-refractivity contribution in [3.63, 3.8) is 0 Å². The number of rotatable bonds is 5. The number of nitrogens with one attached hydrogen (secondary N) is 1.